The van der Waals surface area contributed by atoms with E-state index in [1.165, 1.54) is 0 Å². The molecule has 0 saturated heterocycles. The normalized spacial score (nSPS) is 12.9. The molecule has 0 aromatic heterocycles. The van der Waals surface area contributed by atoms with Gasteiger partial charge in [-0.2, -0.15) is 0 Å². The summed E-state index contributed by atoms with van der Waals surface area (Å²) in [6.45, 7) is 9.44. The van der Waals surface area contributed by atoms with Crippen molar-refractivity contribution in [3.05, 3.63) is 11.1 Å². The van der Waals surface area contributed by atoms with Gasteiger partial charge in [-0.05, 0) is 0 Å². The molecule has 0 saturated carbocycles. The molecule has 0 rings (SSSR count). The van der Waals surface area contributed by atoms with Crippen LogP contribution in [0, 0.1) is 0 Å². The fourth-order valence-corrected chi connectivity index (χ4v) is 3.72. The van der Waals surface area contributed by atoms with Gasteiger partial charge in [0, 0.05) is 0 Å². The summed E-state index contributed by atoms with van der Waals surface area (Å²) in [6, 6.07) is 0. The molecule has 0 aliphatic rings. The summed E-state index contributed by atoms with van der Waals surface area (Å²) in [4.78, 5) is 0.737. The Morgan fingerprint density at radius 3 is 2.64 bits per heavy atom. The number of hydrogen-bond donors (Lipinski definition) is 0. The van der Waals surface area contributed by atoms with Crippen LogP contribution < -0.4 is 0 Å². The summed E-state index contributed by atoms with van der Waals surface area (Å²) in [6.07, 6.45) is 0.287. The van der Waals surface area contributed by atoms with E-state index in [0.29, 0.717) is 0 Å². The maximum absolute atomic E-state index is 11.1. The Hall–Kier alpha value is 0.223. The van der Waals surface area contributed by atoms with Crippen molar-refractivity contribution < 1.29 is 21.9 Å². The van der Waals surface area contributed by atoms with Gasteiger partial charge >= 0.3 is 74.6 Å². The molecule has 0 aromatic carbocycles. The van der Waals surface area contributed by atoms with Crippen LogP contribution in [0.15, 0.2) is 11.1 Å². The minimum absolute atomic E-state index is 0.287. The Labute approximate surface area is 74.9 Å². The van der Waals surface area contributed by atoms with Crippen molar-refractivity contribution in [3.8, 4) is 0 Å². The Morgan fingerprint density at radius 2 is 2.27 bits per heavy atom. The second-order valence-electron chi connectivity index (χ2n) is 2.51. The van der Waals surface area contributed by atoms with Crippen LogP contribution in [-0.2, 0) is 21.9 Å². The second kappa shape index (κ2) is 5.82. The molecule has 0 atom stereocenters. The monoisotopic (exact) mass is 219 g/mol. The van der Waals surface area contributed by atoms with Gasteiger partial charge in [0.2, 0.25) is 0 Å². The van der Waals surface area contributed by atoms with Gasteiger partial charge in [-0.3, -0.25) is 0 Å². The van der Waals surface area contributed by atoms with Crippen LogP contribution in [0.4, 0.5) is 0 Å². The number of hydrogen-bond acceptors (Lipinski definition) is 2. The van der Waals surface area contributed by atoms with Crippen LogP contribution >= 0.6 is 0 Å². The van der Waals surface area contributed by atoms with Crippen molar-refractivity contribution in [3.63, 3.8) is 0 Å². The van der Waals surface area contributed by atoms with Crippen LogP contribution in [0.2, 0.25) is 4.98 Å². The molecule has 0 bridgehead atoms. The maximum atomic E-state index is 11.1. The minimum atomic E-state index is -1.16. The van der Waals surface area contributed by atoms with E-state index in [2.05, 4.69) is 6.58 Å². The van der Waals surface area contributed by atoms with E-state index >= 15 is 0 Å². The van der Waals surface area contributed by atoms with E-state index in [1.54, 1.807) is 6.92 Å². The van der Waals surface area contributed by atoms with Gasteiger partial charge in [-0.1, -0.05) is 0 Å². The molecule has 4 heteroatoms. The molecule has 2 nitrogen and oxygen atoms in total. The molecule has 69 valence electrons. The molecule has 0 unspecified atom stereocenters. The quantitative estimate of drug-likeness (QED) is 0.653. The van der Waals surface area contributed by atoms with Gasteiger partial charge < -0.3 is 0 Å². The molecule has 0 amide bonds. The first-order valence-corrected chi connectivity index (χ1v) is 6.83. The third kappa shape index (κ3) is 6.61. The first-order valence-electron chi connectivity index (χ1n) is 3.57. The van der Waals surface area contributed by atoms with Gasteiger partial charge in [-0.25, -0.2) is 0 Å². The van der Waals surface area contributed by atoms with Crippen molar-refractivity contribution in [1.29, 1.82) is 0 Å². The Kier molecular flexibility index (Phi) is 5.94. The standard InChI is InChI=1S/C4H11OSi.C3H5.Co.O/c1-4(2)5-6-3;1-3-2;;/h4H,3,6H2,1-2H3;1H2,2H3;;. The van der Waals surface area contributed by atoms with Crippen molar-refractivity contribution >= 4 is 9.76 Å². The van der Waals surface area contributed by atoms with E-state index < -0.39 is 23.3 Å². The average Bonchev–Trinajstić information content (AvgIpc) is 1.86. The first-order chi connectivity index (χ1) is 5.04. The average molecular weight is 219 g/mol. The van der Waals surface area contributed by atoms with Gasteiger partial charge in [0.05, 0.1) is 0 Å². The third-order valence-electron chi connectivity index (χ3n) is 0.988. The van der Waals surface area contributed by atoms with Gasteiger partial charge in [0.1, 0.15) is 0 Å². The fourth-order valence-electron chi connectivity index (χ4n) is 0.479. The molecule has 0 aromatic rings. The van der Waals surface area contributed by atoms with Crippen LogP contribution in [0.3, 0.4) is 0 Å². The summed E-state index contributed by atoms with van der Waals surface area (Å²) in [7, 11) is -0.572. The van der Waals surface area contributed by atoms with Crippen molar-refractivity contribution in [2.24, 2.45) is 0 Å². The summed E-state index contributed by atoms with van der Waals surface area (Å²) in [5, 5.41) is 0. The zero-order chi connectivity index (χ0) is 8.85. The Balaban J connectivity index is 3.40. The topological polar surface area (TPSA) is 26.3 Å². The van der Waals surface area contributed by atoms with Crippen molar-refractivity contribution in [1.82, 2.24) is 0 Å². The van der Waals surface area contributed by atoms with Crippen molar-refractivity contribution in [2.45, 2.75) is 31.9 Å². The molecular weight excluding hydrogens is 203 g/mol. The second-order valence-corrected chi connectivity index (χ2v) is 6.91. The SMILES string of the molecule is C=[C](C)[Co](=[O])[CH2][SiH2]OC(C)C. The molecule has 0 radical (unpaired) electrons. The van der Waals surface area contributed by atoms with Gasteiger partial charge in [-0.15, -0.1) is 0 Å². The molecule has 11 heavy (non-hydrogen) atoms. The van der Waals surface area contributed by atoms with Crippen LogP contribution in [0.1, 0.15) is 20.8 Å². The van der Waals surface area contributed by atoms with E-state index in [4.69, 9.17) is 4.43 Å². The fraction of sp³-hybridized carbons (Fsp3) is 0.714. The predicted octanol–water partition coefficient (Wildman–Crippen LogP) is 1.37. The molecule has 0 N–H and O–H groups in total. The van der Waals surface area contributed by atoms with Crippen molar-refractivity contribution in [2.75, 3.05) is 0 Å². The third-order valence-corrected chi connectivity index (χ3v) is 5.38. The van der Waals surface area contributed by atoms with Gasteiger partial charge in [0.25, 0.3) is 0 Å². The summed E-state index contributed by atoms with van der Waals surface area (Å²) >= 11 is -1.16. The van der Waals surface area contributed by atoms with E-state index in [0.717, 1.165) is 9.49 Å². The molecule has 0 heterocycles. The van der Waals surface area contributed by atoms with E-state index in [1.807, 2.05) is 13.8 Å². The Morgan fingerprint density at radius 1 is 1.73 bits per heavy atom. The summed E-state index contributed by atoms with van der Waals surface area (Å²) < 4.78 is 17.3. The Bertz CT molecular complexity index is 157. The first kappa shape index (κ1) is 11.2. The molecule has 0 aliphatic carbocycles. The van der Waals surface area contributed by atoms with Crippen LogP contribution in [0.5, 0.6) is 0 Å². The van der Waals surface area contributed by atoms with E-state index in [-0.39, 0.29) is 6.10 Å². The molecule has 0 aliphatic heterocycles. The molecule has 0 spiro atoms. The molecular formula is C7H16CoO2Si. The van der Waals surface area contributed by atoms with E-state index in [9.17, 15) is 3.87 Å². The van der Waals surface area contributed by atoms with Crippen LogP contribution in [-0.4, -0.2) is 15.9 Å². The summed E-state index contributed by atoms with van der Waals surface area (Å²) in [5.74, 6) is 0. The zero-order valence-corrected chi connectivity index (χ0v) is 9.80. The number of allylic oxidation sites excluding steroid dienone is 1. The van der Waals surface area contributed by atoms with Gasteiger partial charge in [0.15, 0.2) is 0 Å². The summed E-state index contributed by atoms with van der Waals surface area (Å²) in [5.41, 5.74) is 0. The molecule has 0 fully saturated rings. The number of rotatable bonds is 5. The predicted molar refractivity (Wildman–Crippen MR) is 45.1 cm³/mol. The zero-order valence-electron chi connectivity index (χ0n) is 7.35. The van der Waals surface area contributed by atoms with Crippen LogP contribution in [0.25, 0.3) is 0 Å².